The van der Waals surface area contributed by atoms with Gasteiger partial charge in [0.05, 0.1) is 5.92 Å². The summed E-state index contributed by atoms with van der Waals surface area (Å²) in [5.74, 6) is -0.637. The van der Waals surface area contributed by atoms with Crippen LogP contribution in [0.1, 0.15) is 26.7 Å². The molecule has 2 atom stereocenters. The van der Waals surface area contributed by atoms with Gasteiger partial charge in [0.2, 0.25) is 0 Å². The van der Waals surface area contributed by atoms with Crippen molar-refractivity contribution >= 4 is 5.97 Å². The highest BCUT2D eigenvalue weighted by molar-refractivity contribution is 5.75. The number of aliphatic carboxylic acids is 1. The SMILES string of the molecule is CC(C)N1CCC2(CC2C(=O)O)C1. The molecule has 2 rings (SSSR count). The second-order valence-corrected chi connectivity index (χ2v) is 4.77. The van der Waals surface area contributed by atoms with Gasteiger partial charge in [0, 0.05) is 12.6 Å². The molecule has 0 aromatic rings. The van der Waals surface area contributed by atoms with Gasteiger partial charge in [-0.25, -0.2) is 0 Å². The van der Waals surface area contributed by atoms with Gasteiger partial charge in [-0.05, 0) is 38.6 Å². The molecule has 2 aliphatic rings. The van der Waals surface area contributed by atoms with Gasteiger partial charge in [0.15, 0.2) is 0 Å². The van der Waals surface area contributed by atoms with Crippen LogP contribution < -0.4 is 0 Å². The Morgan fingerprint density at radius 3 is 2.69 bits per heavy atom. The second-order valence-electron chi connectivity index (χ2n) is 4.77. The fraction of sp³-hybridized carbons (Fsp3) is 0.900. The molecule has 1 saturated heterocycles. The minimum absolute atomic E-state index is 0.0451. The standard InChI is InChI=1S/C10H17NO2/c1-7(2)11-4-3-10(6-11)5-8(10)9(12)13/h7-8H,3-6H2,1-2H3,(H,12,13). The van der Waals surface area contributed by atoms with Crippen LogP contribution in [0.25, 0.3) is 0 Å². The molecule has 74 valence electrons. The first-order chi connectivity index (χ1) is 6.05. The minimum atomic E-state index is -0.592. The lowest BCUT2D eigenvalue weighted by Crippen LogP contribution is -2.29. The van der Waals surface area contributed by atoms with Crippen LogP contribution in [0.5, 0.6) is 0 Å². The molecule has 3 nitrogen and oxygen atoms in total. The van der Waals surface area contributed by atoms with Crippen molar-refractivity contribution in [1.82, 2.24) is 4.90 Å². The lowest BCUT2D eigenvalue weighted by Gasteiger charge is -2.20. The van der Waals surface area contributed by atoms with Gasteiger partial charge in [-0.15, -0.1) is 0 Å². The number of rotatable bonds is 2. The van der Waals surface area contributed by atoms with Crippen molar-refractivity contribution < 1.29 is 9.90 Å². The minimum Gasteiger partial charge on any atom is -0.481 e. The number of carboxylic acid groups (broad SMARTS) is 1. The van der Waals surface area contributed by atoms with Crippen molar-refractivity contribution in [3.63, 3.8) is 0 Å². The van der Waals surface area contributed by atoms with Gasteiger partial charge in [0.1, 0.15) is 0 Å². The lowest BCUT2D eigenvalue weighted by atomic mass is 10.0. The highest BCUT2D eigenvalue weighted by Crippen LogP contribution is 2.58. The van der Waals surface area contributed by atoms with E-state index in [1.165, 1.54) is 0 Å². The first-order valence-corrected chi connectivity index (χ1v) is 5.02. The van der Waals surface area contributed by atoms with E-state index in [9.17, 15) is 4.79 Å². The van der Waals surface area contributed by atoms with Crippen molar-refractivity contribution in [3.05, 3.63) is 0 Å². The fourth-order valence-corrected chi connectivity index (χ4v) is 2.52. The van der Waals surface area contributed by atoms with E-state index in [2.05, 4.69) is 18.7 Å². The number of likely N-dealkylation sites (tertiary alicyclic amines) is 1. The van der Waals surface area contributed by atoms with Crippen LogP contribution in [-0.2, 0) is 4.79 Å². The summed E-state index contributed by atoms with van der Waals surface area (Å²) in [6.07, 6.45) is 1.99. The maximum atomic E-state index is 10.8. The molecule has 0 aromatic heterocycles. The molecule has 0 aromatic carbocycles. The first kappa shape index (κ1) is 9.00. The van der Waals surface area contributed by atoms with Crippen molar-refractivity contribution in [1.29, 1.82) is 0 Å². The first-order valence-electron chi connectivity index (χ1n) is 5.02. The third-order valence-corrected chi connectivity index (χ3v) is 3.63. The Bertz CT molecular complexity index is 239. The smallest absolute Gasteiger partial charge is 0.307 e. The van der Waals surface area contributed by atoms with Crippen LogP contribution in [0.4, 0.5) is 0 Å². The molecule has 1 saturated carbocycles. The summed E-state index contributed by atoms with van der Waals surface area (Å²) in [7, 11) is 0. The van der Waals surface area contributed by atoms with E-state index >= 15 is 0 Å². The van der Waals surface area contributed by atoms with E-state index < -0.39 is 5.97 Å². The average Bonchev–Trinajstić information content (AvgIpc) is 2.52. The van der Waals surface area contributed by atoms with Gasteiger partial charge in [-0.3, -0.25) is 4.79 Å². The van der Waals surface area contributed by atoms with Crippen LogP contribution in [0, 0.1) is 11.3 Å². The van der Waals surface area contributed by atoms with Gasteiger partial charge in [-0.2, -0.15) is 0 Å². The molecule has 0 amide bonds. The van der Waals surface area contributed by atoms with Gasteiger partial charge >= 0.3 is 5.97 Å². The molecule has 2 unspecified atom stereocenters. The second kappa shape index (κ2) is 2.71. The van der Waals surface area contributed by atoms with E-state index in [1.807, 2.05) is 0 Å². The van der Waals surface area contributed by atoms with Crippen molar-refractivity contribution in [2.75, 3.05) is 13.1 Å². The lowest BCUT2D eigenvalue weighted by molar-refractivity contribution is -0.139. The number of carboxylic acids is 1. The Morgan fingerprint density at radius 1 is 1.62 bits per heavy atom. The zero-order valence-electron chi connectivity index (χ0n) is 8.29. The maximum absolute atomic E-state index is 10.8. The third kappa shape index (κ3) is 1.35. The molecular weight excluding hydrogens is 166 g/mol. The van der Waals surface area contributed by atoms with Crippen LogP contribution in [-0.4, -0.2) is 35.1 Å². The predicted molar refractivity (Wildman–Crippen MR) is 49.5 cm³/mol. The van der Waals surface area contributed by atoms with Gasteiger partial charge in [0.25, 0.3) is 0 Å². The van der Waals surface area contributed by atoms with E-state index in [-0.39, 0.29) is 11.3 Å². The Kier molecular flexibility index (Phi) is 1.88. The molecular formula is C10H17NO2. The zero-order valence-corrected chi connectivity index (χ0v) is 8.29. The topological polar surface area (TPSA) is 40.5 Å². The Morgan fingerprint density at radius 2 is 2.31 bits per heavy atom. The molecule has 0 bridgehead atoms. The number of hydrogen-bond acceptors (Lipinski definition) is 2. The van der Waals surface area contributed by atoms with E-state index in [0.717, 1.165) is 25.9 Å². The summed E-state index contributed by atoms with van der Waals surface area (Å²) in [5, 5.41) is 8.89. The molecule has 13 heavy (non-hydrogen) atoms. The van der Waals surface area contributed by atoms with Crippen LogP contribution >= 0.6 is 0 Å². The van der Waals surface area contributed by atoms with Crippen molar-refractivity contribution in [2.24, 2.45) is 11.3 Å². The van der Waals surface area contributed by atoms with Gasteiger partial charge in [-0.1, -0.05) is 0 Å². The Hall–Kier alpha value is -0.570. The summed E-state index contributed by atoms with van der Waals surface area (Å²) in [4.78, 5) is 13.2. The molecule has 1 heterocycles. The molecule has 3 heteroatoms. The Labute approximate surface area is 78.7 Å². The normalized spacial score (nSPS) is 38.8. The highest BCUT2D eigenvalue weighted by Gasteiger charge is 2.61. The fourth-order valence-electron chi connectivity index (χ4n) is 2.52. The van der Waals surface area contributed by atoms with Crippen molar-refractivity contribution in [2.45, 2.75) is 32.7 Å². The van der Waals surface area contributed by atoms with Crippen LogP contribution in [0.3, 0.4) is 0 Å². The summed E-state index contributed by atoms with van der Waals surface area (Å²) >= 11 is 0. The van der Waals surface area contributed by atoms with Gasteiger partial charge < -0.3 is 10.0 Å². The van der Waals surface area contributed by atoms with Crippen LogP contribution in [0.2, 0.25) is 0 Å². The largest absolute Gasteiger partial charge is 0.481 e. The zero-order chi connectivity index (χ0) is 9.64. The molecule has 0 radical (unpaired) electrons. The average molecular weight is 183 g/mol. The molecule has 1 aliphatic carbocycles. The van der Waals surface area contributed by atoms with E-state index in [0.29, 0.717) is 6.04 Å². The summed E-state index contributed by atoms with van der Waals surface area (Å²) in [6.45, 7) is 6.44. The summed E-state index contributed by atoms with van der Waals surface area (Å²) < 4.78 is 0. The molecule has 2 fully saturated rings. The van der Waals surface area contributed by atoms with Crippen LogP contribution in [0.15, 0.2) is 0 Å². The molecule has 1 spiro atoms. The number of carbonyl (C=O) groups is 1. The summed E-state index contributed by atoms with van der Waals surface area (Å²) in [6, 6.07) is 0.564. The quantitative estimate of drug-likeness (QED) is 0.699. The molecule has 1 aliphatic heterocycles. The molecule has 1 N–H and O–H groups in total. The monoisotopic (exact) mass is 183 g/mol. The Balaban J connectivity index is 1.97. The summed E-state index contributed by atoms with van der Waals surface area (Å²) in [5.41, 5.74) is 0.163. The van der Waals surface area contributed by atoms with E-state index in [1.54, 1.807) is 0 Å². The maximum Gasteiger partial charge on any atom is 0.307 e. The van der Waals surface area contributed by atoms with E-state index in [4.69, 9.17) is 5.11 Å². The third-order valence-electron chi connectivity index (χ3n) is 3.63. The number of hydrogen-bond donors (Lipinski definition) is 1. The highest BCUT2D eigenvalue weighted by atomic mass is 16.4. The number of nitrogens with zero attached hydrogens (tertiary/aromatic N) is 1. The van der Waals surface area contributed by atoms with Crippen molar-refractivity contribution in [3.8, 4) is 0 Å². The predicted octanol–water partition coefficient (Wildman–Crippen LogP) is 1.19.